The van der Waals surface area contributed by atoms with Crippen molar-refractivity contribution in [3.63, 3.8) is 0 Å². The molecule has 90 valence electrons. The summed E-state index contributed by atoms with van der Waals surface area (Å²) in [5.41, 5.74) is 1.77. The molecule has 0 atom stereocenters. The molecule has 1 aromatic heterocycles. The van der Waals surface area contributed by atoms with Gasteiger partial charge in [0.05, 0.1) is 5.69 Å². The van der Waals surface area contributed by atoms with Gasteiger partial charge in [-0.15, -0.1) is 0 Å². The van der Waals surface area contributed by atoms with E-state index in [0.717, 1.165) is 0 Å². The van der Waals surface area contributed by atoms with E-state index in [-0.39, 0.29) is 0 Å². The van der Waals surface area contributed by atoms with E-state index < -0.39 is 3.79 Å². The largest absolute Gasteiger partial charge is 0.257 e. The fraction of sp³-hybridized carbons (Fsp3) is 0.154. The minimum atomic E-state index is -1.40. The summed E-state index contributed by atoms with van der Waals surface area (Å²) in [6.45, 7) is 2.08. The van der Waals surface area contributed by atoms with E-state index >= 15 is 0 Å². The molecule has 0 aliphatic rings. The molecule has 1 nitrogen and oxygen atoms in total. The van der Waals surface area contributed by atoms with Crippen LogP contribution in [0.25, 0.3) is 0 Å². The Hall–Kier alpha value is -0.760. The Kier molecular flexibility index (Phi) is 5.76. The number of hydrogen-bond acceptors (Lipinski definition) is 1. The second-order valence-electron chi connectivity index (χ2n) is 3.37. The van der Waals surface area contributed by atoms with Gasteiger partial charge < -0.3 is 0 Å². The number of benzene rings is 1. The topological polar surface area (TPSA) is 12.9 Å². The molecule has 0 amide bonds. The highest BCUT2D eigenvalue weighted by Crippen LogP contribution is 2.36. The van der Waals surface area contributed by atoms with Crippen LogP contribution < -0.4 is 0 Å². The molecule has 2 aromatic rings. The molecule has 0 spiro atoms. The van der Waals surface area contributed by atoms with Gasteiger partial charge in [0.25, 0.3) is 0 Å². The number of nitrogens with zero attached hydrogens (tertiary/aromatic N) is 1. The molecule has 0 aliphatic carbocycles. The Bertz CT molecular complexity index is 423. The van der Waals surface area contributed by atoms with Gasteiger partial charge in [-0.25, -0.2) is 0 Å². The standard InChI is InChI=1S/C7H8.C6H4Cl3N/c1-7-5-3-2-4-6-7;7-6(8,9)5-3-1-2-4-10-5/h2-6H,1H3;1-4H. The summed E-state index contributed by atoms with van der Waals surface area (Å²) in [6, 6.07) is 15.5. The summed E-state index contributed by atoms with van der Waals surface area (Å²) in [6.07, 6.45) is 1.58. The lowest BCUT2D eigenvalue weighted by molar-refractivity contribution is 1.09. The van der Waals surface area contributed by atoms with Crippen LogP contribution in [0.15, 0.2) is 54.7 Å². The molecule has 17 heavy (non-hydrogen) atoms. The minimum Gasteiger partial charge on any atom is -0.257 e. The van der Waals surface area contributed by atoms with Crippen LogP contribution in [0, 0.1) is 6.92 Å². The van der Waals surface area contributed by atoms with Crippen molar-refractivity contribution in [3.05, 3.63) is 66.0 Å². The van der Waals surface area contributed by atoms with Crippen molar-refractivity contribution in [3.8, 4) is 0 Å². The second kappa shape index (κ2) is 6.85. The first-order valence-corrected chi connectivity index (χ1v) is 6.13. The van der Waals surface area contributed by atoms with Crippen molar-refractivity contribution in [1.82, 2.24) is 4.98 Å². The third-order valence-electron chi connectivity index (χ3n) is 1.90. The quantitative estimate of drug-likeness (QED) is 0.628. The molecule has 0 saturated carbocycles. The van der Waals surface area contributed by atoms with E-state index in [1.165, 1.54) is 5.56 Å². The number of halogens is 3. The molecule has 0 unspecified atom stereocenters. The number of alkyl halides is 3. The lowest BCUT2D eigenvalue weighted by Crippen LogP contribution is -2.01. The molecule has 0 saturated heterocycles. The predicted octanol–water partition coefficient (Wildman–Crippen LogP) is 4.90. The van der Waals surface area contributed by atoms with Gasteiger partial charge in [0.15, 0.2) is 0 Å². The van der Waals surface area contributed by atoms with E-state index in [2.05, 4.69) is 24.0 Å². The molecular formula is C13H12Cl3N. The van der Waals surface area contributed by atoms with Crippen molar-refractivity contribution >= 4 is 34.8 Å². The normalized spacial score (nSPS) is 10.4. The zero-order chi connectivity index (χ0) is 12.7. The summed E-state index contributed by atoms with van der Waals surface area (Å²) in [5, 5.41) is 0. The van der Waals surface area contributed by atoms with Crippen LogP contribution in [0.2, 0.25) is 0 Å². The van der Waals surface area contributed by atoms with E-state index in [0.29, 0.717) is 5.69 Å². The summed E-state index contributed by atoms with van der Waals surface area (Å²) in [7, 11) is 0. The maximum Gasteiger partial charge on any atom is 0.232 e. The number of rotatable bonds is 0. The van der Waals surface area contributed by atoms with Crippen molar-refractivity contribution < 1.29 is 0 Å². The van der Waals surface area contributed by atoms with Gasteiger partial charge in [-0.2, -0.15) is 0 Å². The molecule has 1 heterocycles. The van der Waals surface area contributed by atoms with Crippen LogP contribution in [0.4, 0.5) is 0 Å². The van der Waals surface area contributed by atoms with Crippen molar-refractivity contribution in [2.75, 3.05) is 0 Å². The van der Waals surface area contributed by atoms with Crippen LogP contribution in [-0.4, -0.2) is 4.98 Å². The third-order valence-corrected chi connectivity index (χ3v) is 2.48. The van der Waals surface area contributed by atoms with Crippen LogP contribution >= 0.6 is 34.8 Å². The summed E-state index contributed by atoms with van der Waals surface area (Å²) in [5.74, 6) is 0. The first-order chi connectivity index (χ1) is 8.00. The maximum atomic E-state index is 5.53. The van der Waals surface area contributed by atoms with Crippen LogP contribution in [0.1, 0.15) is 11.3 Å². The van der Waals surface area contributed by atoms with Crippen LogP contribution in [0.5, 0.6) is 0 Å². The maximum absolute atomic E-state index is 5.53. The van der Waals surface area contributed by atoms with E-state index in [1.54, 1.807) is 24.4 Å². The Morgan fingerprint density at radius 3 is 1.76 bits per heavy atom. The first-order valence-electron chi connectivity index (χ1n) is 5.00. The minimum absolute atomic E-state index is 0.444. The van der Waals surface area contributed by atoms with Crippen molar-refractivity contribution in [2.24, 2.45) is 0 Å². The highest BCUT2D eigenvalue weighted by atomic mass is 35.6. The molecule has 1 aromatic carbocycles. The fourth-order valence-electron chi connectivity index (χ4n) is 1.06. The summed E-state index contributed by atoms with van der Waals surface area (Å²) >= 11 is 16.6. The van der Waals surface area contributed by atoms with Gasteiger partial charge in [-0.05, 0) is 19.1 Å². The van der Waals surface area contributed by atoms with E-state index in [1.807, 2.05) is 18.2 Å². The van der Waals surface area contributed by atoms with Gasteiger partial charge in [0.1, 0.15) is 0 Å². The SMILES string of the molecule is Cc1ccccc1.ClC(Cl)(Cl)c1ccccn1. The van der Waals surface area contributed by atoms with Gasteiger partial charge in [-0.1, -0.05) is 76.8 Å². The Labute approximate surface area is 116 Å². The van der Waals surface area contributed by atoms with Crippen molar-refractivity contribution in [2.45, 2.75) is 10.7 Å². The van der Waals surface area contributed by atoms with Gasteiger partial charge in [0, 0.05) is 6.20 Å². The molecule has 0 radical (unpaired) electrons. The van der Waals surface area contributed by atoms with Gasteiger partial charge in [0.2, 0.25) is 3.79 Å². The highest BCUT2D eigenvalue weighted by Gasteiger charge is 2.23. The smallest absolute Gasteiger partial charge is 0.232 e. The van der Waals surface area contributed by atoms with Gasteiger partial charge in [-0.3, -0.25) is 4.98 Å². The average molecular weight is 289 g/mol. The second-order valence-corrected chi connectivity index (χ2v) is 5.65. The average Bonchev–Trinajstić information content (AvgIpc) is 2.31. The molecule has 0 N–H and O–H groups in total. The first kappa shape index (κ1) is 14.3. The molecule has 0 bridgehead atoms. The molecule has 0 aliphatic heterocycles. The monoisotopic (exact) mass is 287 g/mol. The number of hydrogen-bond donors (Lipinski definition) is 0. The number of pyridine rings is 1. The molecular weight excluding hydrogens is 277 g/mol. The van der Waals surface area contributed by atoms with E-state index in [4.69, 9.17) is 34.8 Å². The fourth-order valence-corrected chi connectivity index (χ4v) is 1.40. The van der Waals surface area contributed by atoms with Crippen molar-refractivity contribution in [1.29, 1.82) is 0 Å². The van der Waals surface area contributed by atoms with Crippen LogP contribution in [0.3, 0.4) is 0 Å². The number of aryl methyl sites for hydroxylation is 1. The van der Waals surface area contributed by atoms with Crippen LogP contribution in [-0.2, 0) is 3.79 Å². The molecule has 4 heteroatoms. The Balaban J connectivity index is 0.000000181. The molecule has 0 fully saturated rings. The lowest BCUT2D eigenvalue weighted by atomic mass is 10.2. The molecule has 2 rings (SSSR count). The Morgan fingerprint density at radius 1 is 0.882 bits per heavy atom. The third kappa shape index (κ3) is 5.92. The summed E-state index contributed by atoms with van der Waals surface area (Å²) < 4.78 is -1.40. The Morgan fingerprint density at radius 2 is 1.47 bits per heavy atom. The zero-order valence-corrected chi connectivity index (χ0v) is 11.5. The lowest BCUT2D eigenvalue weighted by Gasteiger charge is -2.07. The van der Waals surface area contributed by atoms with E-state index in [9.17, 15) is 0 Å². The highest BCUT2D eigenvalue weighted by molar-refractivity contribution is 6.66. The summed E-state index contributed by atoms with van der Waals surface area (Å²) in [4.78, 5) is 3.85. The zero-order valence-electron chi connectivity index (χ0n) is 9.28. The predicted molar refractivity (Wildman–Crippen MR) is 74.7 cm³/mol. The number of aromatic nitrogens is 1. The van der Waals surface area contributed by atoms with Gasteiger partial charge >= 0.3 is 0 Å².